The molecule has 1 aromatic heterocycles. The molecule has 4 N–H and O–H groups in total. The number of piperidine rings is 2. The molecule has 9 nitrogen and oxygen atoms in total. The van der Waals surface area contributed by atoms with Crippen LogP contribution in [0.4, 0.5) is 17.8 Å². The van der Waals surface area contributed by atoms with Crippen LogP contribution in [0.5, 0.6) is 0 Å². The first-order valence-corrected chi connectivity index (χ1v) is 24.4. The molecule has 2 aliphatic heterocycles. The lowest BCUT2D eigenvalue weighted by Crippen LogP contribution is -2.63. The van der Waals surface area contributed by atoms with Crippen molar-refractivity contribution < 1.29 is 0 Å². The van der Waals surface area contributed by atoms with Crippen molar-refractivity contribution in [2.45, 2.75) is 279 Å². The maximum atomic E-state index is 5.44. The predicted octanol–water partition coefficient (Wildman–Crippen LogP) is 13.2. The Kier molecular flexibility index (Phi) is 26.3. The molecule has 0 atom stereocenters. The average Bonchev–Trinajstić information content (AvgIpc) is 3.10. The van der Waals surface area contributed by atoms with Crippen molar-refractivity contribution in [1.29, 1.82) is 0 Å². The topological polar surface area (TPSA) is 93.3 Å². The van der Waals surface area contributed by atoms with E-state index in [4.69, 9.17) is 15.0 Å². The Morgan fingerprint density at radius 2 is 0.797 bits per heavy atom. The highest BCUT2D eigenvalue weighted by atomic mass is 15.4. The van der Waals surface area contributed by atoms with Gasteiger partial charge in [0, 0.05) is 47.3 Å². The Hall–Kier alpha value is -1.71. The molecule has 3 rings (SSSR count). The van der Waals surface area contributed by atoms with Gasteiger partial charge < -0.3 is 25.8 Å². The molecule has 3 heterocycles. The largest absolute Gasteiger partial charge is 0.341 e. The summed E-state index contributed by atoms with van der Waals surface area (Å²) >= 11 is 0. The molecular weight excluding hydrogens is 727 g/mol. The first-order valence-electron chi connectivity index (χ1n) is 24.4. The van der Waals surface area contributed by atoms with Crippen molar-refractivity contribution in [2.24, 2.45) is 0 Å². The van der Waals surface area contributed by atoms with Gasteiger partial charge in [-0.25, -0.2) is 0 Å². The Morgan fingerprint density at radius 3 is 1.14 bits per heavy atom. The third-order valence-corrected chi connectivity index (χ3v) is 12.4. The molecule has 0 spiro atoms. The smallest absolute Gasteiger partial charge is 0.232 e. The van der Waals surface area contributed by atoms with Crippen molar-refractivity contribution in [3.63, 3.8) is 0 Å². The number of nitrogens with one attached hydrogen (secondary N) is 4. The SMILES string of the molecule is C.C.CCCCCCCCCCCCCCCCCCNCNc1nc(N(CCCC)C2CC(C)(C)NC(C)(C)C2)nc(N(CCCC)C2CC(C)(C)NC(C)(C)C2)n1. The highest BCUT2D eigenvalue weighted by Gasteiger charge is 2.42. The molecule has 0 aliphatic carbocycles. The van der Waals surface area contributed by atoms with Gasteiger partial charge in [-0.1, -0.05) is 145 Å². The van der Waals surface area contributed by atoms with Crippen molar-refractivity contribution in [3.8, 4) is 0 Å². The van der Waals surface area contributed by atoms with E-state index in [0.29, 0.717) is 24.7 Å². The summed E-state index contributed by atoms with van der Waals surface area (Å²) in [5.74, 6) is 2.36. The molecule has 2 fully saturated rings. The third-order valence-electron chi connectivity index (χ3n) is 12.4. The van der Waals surface area contributed by atoms with Gasteiger partial charge in [0.2, 0.25) is 17.8 Å². The van der Waals surface area contributed by atoms with E-state index in [1.807, 2.05) is 0 Å². The van der Waals surface area contributed by atoms with E-state index in [0.717, 1.165) is 82.9 Å². The molecule has 0 amide bonds. The van der Waals surface area contributed by atoms with Gasteiger partial charge in [0.25, 0.3) is 0 Å². The van der Waals surface area contributed by atoms with Crippen LogP contribution in [0.25, 0.3) is 0 Å². The van der Waals surface area contributed by atoms with Crippen molar-refractivity contribution in [1.82, 2.24) is 30.9 Å². The Labute approximate surface area is 368 Å². The lowest BCUT2D eigenvalue weighted by molar-refractivity contribution is 0.157. The van der Waals surface area contributed by atoms with Crippen LogP contribution in [0.2, 0.25) is 0 Å². The van der Waals surface area contributed by atoms with Crippen LogP contribution in [0.3, 0.4) is 0 Å². The second-order valence-corrected chi connectivity index (χ2v) is 20.9. The molecule has 0 aromatic carbocycles. The number of rotatable bonds is 30. The molecule has 59 heavy (non-hydrogen) atoms. The summed E-state index contributed by atoms with van der Waals surface area (Å²) in [5.41, 5.74) is 0.126. The molecule has 0 unspecified atom stereocenters. The van der Waals surface area contributed by atoms with Crippen LogP contribution in [-0.4, -0.2) is 75.5 Å². The Morgan fingerprint density at radius 1 is 0.475 bits per heavy atom. The van der Waals surface area contributed by atoms with E-state index in [1.54, 1.807) is 0 Å². The highest BCUT2D eigenvalue weighted by molar-refractivity contribution is 5.47. The average molecular weight is 830 g/mol. The van der Waals surface area contributed by atoms with Gasteiger partial charge in [-0.2, -0.15) is 15.0 Å². The standard InChI is InChI=1S/C48H95N9.2CH4/c1-12-15-18-19-20-21-22-23-24-25-26-27-28-29-30-31-32-49-39-50-42-51-43(56(33-16-13-2)40-35-45(4,5)54-46(6,7)36-40)53-44(52-42)57(34-17-14-3)41-37-47(8,9)55-48(10,11)38-41;;/h40-41,49,54-55H,12-39H2,1-11H3,(H,50,51,52,53);2*1H4. The fourth-order valence-corrected chi connectivity index (χ4v) is 10.2. The summed E-state index contributed by atoms with van der Waals surface area (Å²) in [4.78, 5) is 21.0. The van der Waals surface area contributed by atoms with Gasteiger partial charge >= 0.3 is 0 Å². The summed E-state index contributed by atoms with van der Waals surface area (Å²) < 4.78 is 0. The minimum Gasteiger partial charge on any atom is -0.341 e. The van der Waals surface area contributed by atoms with E-state index < -0.39 is 0 Å². The summed E-state index contributed by atoms with van der Waals surface area (Å²) in [7, 11) is 0. The highest BCUT2D eigenvalue weighted by Crippen LogP contribution is 2.36. The van der Waals surface area contributed by atoms with E-state index in [-0.39, 0.29) is 37.0 Å². The first-order chi connectivity index (χ1) is 27.1. The zero-order valence-corrected chi connectivity index (χ0v) is 39.7. The summed E-state index contributed by atoms with van der Waals surface area (Å²) in [5, 5.41) is 15.1. The number of nitrogens with zero attached hydrogens (tertiary/aromatic N) is 5. The van der Waals surface area contributed by atoms with Crippen molar-refractivity contribution in [3.05, 3.63) is 0 Å². The lowest BCUT2D eigenvalue weighted by Gasteiger charge is -2.50. The molecule has 0 bridgehead atoms. The molecule has 2 saturated heterocycles. The van der Waals surface area contributed by atoms with E-state index in [2.05, 4.69) is 107 Å². The second-order valence-electron chi connectivity index (χ2n) is 20.9. The molecule has 9 heteroatoms. The van der Waals surface area contributed by atoms with Gasteiger partial charge in [0.15, 0.2) is 0 Å². The van der Waals surface area contributed by atoms with Crippen LogP contribution in [0, 0.1) is 0 Å². The van der Waals surface area contributed by atoms with Gasteiger partial charge in [-0.15, -0.1) is 0 Å². The molecule has 1 aromatic rings. The number of unbranched alkanes of at least 4 members (excludes halogenated alkanes) is 17. The van der Waals surface area contributed by atoms with Crippen molar-refractivity contribution in [2.75, 3.05) is 41.4 Å². The van der Waals surface area contributed by atoms with Crippen LogP contribution in [-0.2, 0) is 0 Å². The molecule has 348 valence electrons. The number of hydrogen-bond donors (Lipinski definition) is 4. The number of hydrogen-bond acceptors (Lipinski definition) is 9. The van der Waals surface area contributed by atoms with Crippen LogP contribution in [0.1, 0.15) is 245 Å². The zero-order chi connectivity index (χ0) is 41.8. The Balaban J connectivity index is 0.00000870. The minimum atomic E-state index is 0. The summed E-state index contributed by atoms with van der Waals surface area (Å²) in [6.07, 6.45) is 31.1. The first kappa shape index (κ1) is 55.3. The van der Waals surface area contributed by atoms with Gasteiger partial charge in [-0.3, -0.25) is 5.32 Å². The van der Waals surface area contributed by atoms with Gasteiger partial charge in [0.05, 0.1) is 6.67 Å². The second kappa shape index (κ2) is 28.1. The van der Waals surface area contributed by atoms with E-state index in [1.165, 1.54) is 103 Å². The zero-order valence-electron chi connectivity index (χ0n) is 39.7. The fourth-order valence-electron chi connectivity index (χ4n) is 10.2. The number of aromatic nitrogens is 3. The maximum Gasteiger partial charge on any atom is 0.232 e. The Bertz CT molecular complexity index is 1110. The quantitative estimate of drug-likeness (QED) is 0.0447. The third kappa shape index (κ3) is 21.8. The fraction of sp³-hybridized carbons (Fsp3) is 0.940. The maximum absolute atomic E-state index is 5.44. The normalized spacial score (nSPS) is 18.5. The molecule has 0 radical (unpaired) electrons. The van der Waals surface area contributed by atoms with Crippen LogP contribution >= 0.6 is 0 Å². The molecule has 2 aliphatic rings. The van der Waals surface area contributed by atoms with Crippen molar-refractivity contribution >= 4 is 17.8 Å². The minimum absolute atomic E-state index is 0. The van der Waals surface area contributed by atoms with Crippen LogP contribution < -0.4 is 31.1 Å². The van der Waals surface area contributed by atoms with Crippen LogP contribution in [0.15, 0.2) is 0 Å². The lowest BCUT2D eigenvalue weighted by atomic mass is 9.79. The predicted molar refractivity (Wildman–Crippen MR) is 262 cm³/mol. The molecular formula is C50H103N9. The van der Waals surface area contributed by atoms with E-state index >= 15 is 0 Å². The van der Waals surface area contributed by atoms with Gasteiger partial charge in [-0.05, 0) is 107 Å². The number of anilines is 3. The summed E-state index contributed by atoms with van der Waals surface area (Å²) in [6, 6.07) is 0.694. The monoisotopic (exact) mass is 830 g/mol. The van der Waals surface area contributed by atoms with E-state index in [9.17, 15) is 0 Å². The molecule has 0 saturated carbocycles. The summed E-state index contributed by atoms with van der Waals surface area (Å²) in [6.45, 7) is 29.3. The van der Waals surface area contributed by atoms with Gasteiger partial charge in [0.1, 0.15) is 0 Å².